The predicted molar refractivity (Wildman–Crippen MR) is 90.9 cm³/mol. The summed E-state index contributed by atoms with van der Waals surface area (Å²) in [6.07, 6.45) is 1.40. The molecule has 0 bridgehead atoms. The van der Waals surface area contributed by atoms with Gasteiger partial charge in [0.05, 0.1) is 15.7 Å². The third kappa shape index (κ3) is 3.63. The summed E-state index contributed by atoms with van der Waals surface area (Å²) >= 11 is 12.0. The van der Waals surface area contributed by atoms with Crippen molar-refractivity contribution >= 4 is 29.1 Å². The molecule has 2 aromatic rings. The first-order valence-electron chi connectivity index (χ1n) is 7.30. The van der Waals surface area contributed by atoms with Gasteiger partial charge in [-0.1, -0.05) is 29.3 Å². The highest BCUT2D eigenvalue weighted by atomic mass is 35.5. The quantitative estimate of drug-likeness (QED) is 0.835. The normalized spacial score (nSPS) is 15.7. The maximum Gasteiger partial charge on any atom is 0.272 e. The van der Waals surface area contributed by atoms with Gasteiger partial charge in [0.15, 0.2) is 0 Å². The van der Waals surface area contributed by atoms with Crippen molar-refractivity contribution in [2.45, 2.75) is 0 Å². The Morgan fingerprint density at radius 2 is 1.78 bits per heavy atom. The Morgan fingerprint density at radius 3 is 2.48 bits per heavy atom. The number of carbonyl (C=O) groups excluding carboxylic acids is 1. The minimum Gasteiger partial charge on any atom is -0.335 e. The molecular formula is C16H16Cl2N4O. The van der Waals surface area contributed by atoms with Crippen molar-refractivity contribution in [1.29, 1.82) is 0 Å². The molecule has 1 aliphatic rings. The van der Waals surface area contributed by atoms with E-state index < -0.39 is 0 Å². The van der Waals surface area contributed by atoms with E-state index in [-0.39, 0.29) is 5.91 Å². The number of hydrogen-bond acceptors (Lipinski definition) is 4. The molecule has 0 N–H and O–H groups in total. The summed E-state index contributed by atoms with van der Waals surface area (Å²) in [5.41, 5.74) is 1.84. The molecule has 5 nitrogen and oxygen atoms in total. The number of hydrogen-bond donors (Lipinski definition) is 0. The number of aromatic nitrogens is 2. The maximum atomic E-state index is 12.6. The summed E-state index contributed by atoms with van der Waals surface area (Å²) in [6, 6.07) is 6.96. The van der Waals surface area contributed by atoms with E-state index in [1.54, 1.807) is 18.2 Å². The number of carbonyl (C=O) groups is 1. The SMILES string of the molecule is CN1CCN(C(=O)c2cc(-c3ccc(Cl)c(Cl)c3)ncn2)CC1. The highest BCUT2D eigenvalue weighted by Crippen LogP contribution is 2.27. The fraction of sp³-hybridized carbons (Fsp3) is 0.312. The van der Waals surface area contributed by atoms with Gasteiger partial charge < -0.3 is 9.80 Å². The van der Waals surface area contributed by atoms with Gasteiger partial charge in [0, 0.05) is 31.7 Å². The van der Waals surface area contributed by atoms with Crippen LogP contribution in [0.4, 0.5) is 0 Å². The van der Waals surface area contributed by atoms with E-state index in [2.05, 4.69) is 21.9 Å². The Labute approximate surface area is 144 Å². The summed E-state index contributed by atoms with van der Waals surface area (Å²) in [4.78, 5) is 25.0. The third-order valence-electron chi connectivity index (χ3n) is 3.89. The first-order valence-corrected chi connectivity index (χ1v) is 8.05. The number of nitrogens with zero attached hydrogens (tertiary/aromatic N) is 4. The summed E-state index contributed by atoms with van der Waals surface area (Å²) in [7, 11) is 2.05. The highest BCUT2D eigenvalue weighted by Gasteiger charge is 2.21. The molecule has 1 fully saturated rings. The van der Waals surface area contributed by atoms with Crippen LogP contribution in [0.2, 0.25) is 10.0 Å². The molecule has 3 rings (SSSR count). The lowest BCUT2D eigenvalue weighted by molar-refractivity contribution is 0.0658. The van der Waals surface area contributed by atoms with Crippen LogP contribution in [0.1, 0.15) is 10.5 Å². The summed E-state index contributed by atoms with van der Waals surface area (Å²) in [5.74, 6) is -0.0678. The molecule has 1 saturated heterocycles. The minimum atomic E-state index is -0.0678. The van der Waals surface area contributed by atoms with Crippen molar-refractivity contribution in [3.8, 4) is 11.3 Å². The summed E-state index contributed by atoms with van der Waals surface area (Å²) in [5, 5.41) is 0.938. The number of piperazine rings is 1. The number of rotatable bonds is 2. The second-order valence-corrected chi connectivity index (χ2v) is 6.33. The van der Waals surface area contributed by atoms with Crippen LogP contribution in [0.15, 0.2) is 30.6 Å². The lowest BCUT2D eigenvalue weighted by Crippen LogP contribution is -2.47. The van der Waals surface area contributed by atoms with Gasteiger partial charge >= 0.3 is 0 Å². The van der Waals surface area contributed by atoms with Gasteiger partial charge in [-0.2, -0.15) is 0 Å². The van der Waals surface area contributed by atoms with Gasteiger partial charge in [-0.3, -0.25) is 4.79 Å². The molecular weight excluding hydrogens is 335 g/mol. The van der Waals surface area contributed by atoms with Crippen LogP contribution < -0.4 is 0 Å². The molecule has 0 radical (unpaired) electrons. The Balaban J connectivity index is 1.84. The van der Waals surface area contributed by atoms with Crippen LogP contribution in [-0.4, -0.2) is 58.9 Å². The van der Waals surface area contributed by atoms with Gasteiger partial charge in [0.1, 0.15) is 12.0 Å². The van der Waals surface area contributed by atoms with Crippen LogP contribution in [0.3, 0.4) is 0 Å². The van der Waals surface area contributed by atoms with E-state index in [9.17, 15) is 4.79 Å². The zero-order valence-electron chi connectivity index (χ0n) is 12.7. The van der Waals surface area contributed by atoms with E-state index in [1.807, 2.05) is 11.0 Å². The lowest BCUT2D eigenvalue weighted by atomic mass is 10.1. The fourth-order valence-corrected chi connectivity index (χ4v) is 2.76. The fourth-order valence-electron chi connectivity index (χ4n) is 2.46. The van der Waals surface area contributed by atoms with Crippen LogP contribution in [-0.2, 0) is 0 Å². The van der Waals surface area contributed by atoms with E-state index in [0.29, 0.717) is 34.5 Å². The largest absolute Gasteiger partial charge is 0.335 e. The molecule has 7 heteroatoms. The lowest BCUT2D eigenvalue weighted by Gasteiger charge is -2.32. The van der Waals surface area contributed by atoms with Crippen molar-refractivity contribution in [1.82, 2.24) is 19.8 Å². The van der Waals surface area contributed by atoms with Crippen LogP contribution in [0.5, 0.6) is 0 Å². The van der Waals surface area contributed by atoms with Gasteiger partial charge in [-0.15, -0.1) is 0 Å². The summed E-state index contributed by atoms with van der Waals surface area (Å²) in [6.45, 7) is 3.16. The molecule has 1 aromatic heterocycles. The minimum absolute atomic E-state index is 0.0678. The van der Waals surface area contributed by atoms with Crippen LogP contribution >= 0.6 is 23.2 Å². The van der Waals surface area contributed by atoms with Crippen molar-refractivity contribution in [3.63, 3.8) is 0 Å². The first kappa shape index (κ1) is 16.2. The van der Waals surface area contributed by atoms with E-state index >= 15 is 0 Å². The van der Waals surface area contributed by atoms with Gasteiger partial charge in [0.25, 0.3) is 5.91 Å². The Kier molecular flexibility index (Phi) is 4.80. The molecule has 1 aromatic carbocycles. The number of amides is 1. The number of halogens is 2. The smallest absolute Gasteiger partial charge is 0.272 e. The molecule has 0 atom stereocenters. The Hall–Kier alpha value is -1.69. The average molecular weight is 351 g/mol. The zero-order valence-corrected chi connectivity index (χ0v) is 14.2. The molecule has 0 spiro atoms. The topological polar surface area (TPSA) is 49.3 Å². The number of benzene rings is 1. The van der Waals surface area contributed by atoms with Crippen LogP contribution in [0.25, 0.3) is 11.3 Å². The molecule has 1 aliphatic heterocycles. The molecule has 0 aliphatic carbocycles. The Morgan fingerprint density at radius 1 is 1.04 bits per heavy atom. The van der Waals surface area contributed by atoms with Crippen molar-refractivity contribution in [2.75, 3.05) is 33.2 Å². The van der Waals surface area contributed by atoms with Crippen molar-refractivity contribution in [2.24, 2.45) is 0 Å². The van der Waals surface area contributed by atoms with Crippen molar-refractivity contribution < 1.29 is 4.79 Å². The Bertz CT molecular complexity index is 730. The molecule has 0 saturated carbocycles. The average Bonchev–Trinajstić information content (AvgIpc) is 2.57. The molecule has 0 unspecified atom stereocenters. The first-order chi connectivity index (χ1) is 11.0. The zero-order chi connectivity index (χ0) is 16.4. The second-order valence-electron chi connectivity index (χ2n) is 5.51. The number of likely N-dealkylation sites (N-methyl/N-ethyl adjacent to an activating group) is 1. The van der Waals surface area contributed by atoms with Gasteiger partial charge in [0.2, 0.25) is 0 Å². The van der Waals surface area contributed by atoms with Gasteiger partial charge in [-0.05, 0) is 25.2 Å². The van der Waals surface area contributed by atoms with Crippen LogP contribution in [0, 0.1) is 0 Å². The summed E-state index contributed by atoms with van der Waals surface area (Å²) < 4.78 is 0. The van der Waals surface area contributed by atoms with E-state index in [1.165, 1.54) is 6.33 Å². The molecule has 120 valence electrons. The molecule has 1 amide bonds. The molecule has 2 heterocycles. The van der Waals surface area contributed by atoms with E-state index in [4.69, 9.17) is 23.2 Å². The highest BCUT2D eigenvalue weighted by molar-refractivity contribution is 6.42. The monoisotopic (exact) mass is 350 g/mol. The second kappa shape index (κ2) is 6.83. The van der Waals surface area contributed by atoms with Gasteiger partial charge in [-0.25, -0.2) is 9.97 Å². The predicted octanol–water partition coefficient (Wildman–Crippen LogP) is 2.84. The third-order valence-corrected chi connectivity index (χ3v) is 4.63. The molecule has 23 heavy (non-hydrogen) atoms. The maximum absolute atomic E-state index is 12.6. The van der Waals surface area contributed by atoms with Crippen molar-refractivity contribution in [3.05, 3.63) is 46.3 Å². The standard InChI is InChI=1S/C16H16Cl2N4O/c1-21-4-6-22(7-5-21)16(23)15-9-14(19-10-20-15)11-2-3-12(17)13(18)8-11/h2-3,8-10H,4-7H2,1H3. The van der Waals surface area contributed by atoms with E-state index in [0.717, 1.165) is 18.7 Å².